The zero-order valence-electron chi connectivity index (χ0n) is 30.2. The summed E-state index contributed by atoms with van der Waals surface area (Å²) in [6.45, 7) is 21.2. The monoisotopic (exact) mass is 648 g/mol. The Bertz CT molecular complexity index is 1420. The van der Waals surface area contributed by atoms with Gasteiger partial charge in [-0.3, -0.25) is 4.79 Å². The van der Waals surface area contributed by atoms with E-state index in [9.17, 15) is 9.59 Å². The van der Waals surface area contributed by atoms with Gasteiger partial charge in [0.15, 0.2) is 0 Å². The minimum absolute atomic E-state index is 0.0210. The standard InChI is InChI=1S/C40H60N2O3S/c1-25(2)26-15-20-40(35(44)41-23-24-42(8)9)22-21-38(6)28(33(26)40)11-14-32-37(5)18-16-27(29-12-13-30(46-29)34(43)45-10)36(3,4)31(37)17-19-39(32,38)7/h12-13,16,26,28,31-33H,1,11,14-15,17-24H2,2-10H3,(H,41,44)/t26-,28+,31?,32?,33+,37?,38+,39+,40-/m0/s1. The van der Waals surface area contributed by atoms with E-state index in [0.717, 1.165) is 45.2 Å². The molecule has 1 aromatic rings. The predicted octanol–water partition coefficient (Wildman–Crippen LogP) is 8.86. The molecule has 0 saturated heterocycles. The van der Waals surface area contributed by atoms with Crippen LogP contribution in [0.4, 0.5) is 0 Å². The highest BCUT2D eigenvalue weighted by molar-refractivity contribution is 7.15. The second-order valence-electron chi connectivity index (χ2n) is 17.6. The van der Waals surface area contributed by atoms with Crippen molar-refractivity contribution in [3.63, 3.8) is 0 Å². The van der Waals surface area contributed by atoms with Gasteiger partial charge in [-0.1, -0.05) is 52.8 Å². The van der Waals surface area contributed by atoms with Crippen LogP contribution in [0.2, 0.25) is 0 Å². The van der Waals surface area contributed by atoms with Gasteiger partial charge in [0.05, 0.1) is 12.5 Å². The lowest BCUT2D eigenvalue weighted by molar-refractivity contribution is -0.225. The average Bonchev–Trinajstić information content (AvgIpc) is 3.63. The van der Waals surface area contributed by atoms with E-state index < -0.39 is 0 Å². The van der Waals surface area contributed by atoms with E-state index in [1.54, 1.807) is 11.3 Å². The Kier molecular flexibility index (Phi) is 8.57. The summed E-state index contributed by atoms with van der Waals surface area (Å²) in [7, 11) is 5.62. The van der Waals surface area contributed by atoms with Gasteiger partial charge in [-0.05, 0) is 148 Å². The number of hydrogen-bond acceptors (Lipinski definition) is 5. The zero-order chi connectivity index (χ0) is 33.4. The number of amides is 1. The molecule has 254 valence electrons. The van der Waals surface area contributed by atoms with Gasteiger partial charge in [-0.15, -0.1) is 11.3 Å². The molecule has 1 aromatic heterocycles. The average molecular weight is 649 g/mol. The maximum absolute atomic E-state index is 14.2. The topological polar surface area (TPSA) is 58.6 Å². The Morgan fingerprint density at radius 2 is 1.72 bits per heavy atom. The number of allylic oxidation sites excluding steroid dienone is 3. The second kappa shape index (κ2) is 11.6. The predicted molar refractivity (Wildman–Crippen MR) is 190 cm³/mol. The Balaban J connectivity index is 1.33. The molecule has 0 bridgehead atoms. The molecule has 4 fully saturated rings. The summed E-state index contributed by atoms with van der Waals surface area (Å²) >= 11 is 1.58. The third-order valence-corrected chi connectivity index (χ3v) is 16.3. The van der Waals surface area contributed by atoms with Crippen LogP contribution in [0, 0.1) is 56.7 Å². The number of rotatable bonds is 7. The number of methoxy groups -OCH3 is 1. The molecular formula is C40H60N2O3S. The minimum Gasteiger partial charge on any atom is -0.465 e. The third kappa shape index (κ3) is 4.76. The van der Waals surface area contributed by atoms with Crippen LogP contribution in [0.25, 0.3) is 5.57 Å². The molecule has 3 unspecified atom stereocenters. The van der Waals surface area contributed by atoms with Crippen LogP contribution in [0.5, 0.6) is 0 Å². The van der Waals surface area contributed by atoms with Gasteiger partial charge < -0.3 is 15.0 Å². The van der Waals surface area contributed by atoms with E-state index in [4.69, 9.17) is 4.74 Å². The third-order valence-electron chi connectivity index (χ3n) is 15.2. The molecule has 4 saturated carbocycles. The fraction of sp³-hybridized carbons (Fsp3) is 0.750. The molecule has 6 rings (SSSR count). The molecular weight excluding hydrogens is 589 g/mol. The highest BCUT2D eigenvalue weighted by Crippen LogP contribution is 2.77. The first-order chi connectivity index (χ1) is 21.6. The quantitative estimate of drug-likeness (QED) is 0.237. The van der Waals surface area contributed by atoms with Crippen molar-refractivity contribution in [3.8, 4) is 0 Å². The summed E-state index contributed by atoms with van der Waals surface area (Å²) in [6.07, 6.45) is 12.9. The number of likely N-dealkylation sites (N-methyl/N-ethyl adjacent to an activating group) is 1. The summed E-state index contributed by atoms with van der Waals surface area (Å²) in [5.74, 6) is 2.70. The number of hydrogen-bond donors (Lipinski definition) is 1. The van der Waals surface area contributed by atoms with Gasteiger partial charge >= 0.3 is 5.97 Å². The van der Waals surface area contributed by atoms with Crippen molar-refractivity contribution in [2.45, 2.75) is 99.3 Å². The van der Waals surface area contributed by atoms with Crippen LogP contribution >= 0.6 is 11.3 Å². The maximum atomic E-state index is 14.2. The second-order valence-corrected chi connectivity index (χ2v) is 18.7. The lowest BCUT2D eigenvalue weighted by Crippen LogP contribution is -2.66. The van der Waals surface area contributed by atoms with Gasteiger partial charge in [0.1, 0.15) is 4.88 Å². The minimum atomic E-state index is -0.251. The van der Waals surface area contributed by atoms with Crippen LogP contribution in [0.15, 0.2) is 30.4 Å². The zero-order valence-corrected chi connectivity index (χ0v) is 31.0. The number of carbonyl (C=O) groups excluding carboxylic acids is 2. The fourth-order valence-electron chi connectivity index (χ4n) is 12.8. The molecule has 5 nitrogen and oxygen atoms in total. The first-order valence-corrected chi connectivity index (χ1v) is 18.9. The Morgan fingerprint density at radius 1 is 0.978 bits per heavy atom. The Morgan fingerprint density at radius 3 is 2.39 bits per heavy atom. The van der Waals surface area contributed by atoms with Gasteiger partial charge in [0.25, 0.3) is 0 Å². The summed E-state index contributed by atoms with van der Waals surface area (Å²) in [5, 5.41) is 3.42. The SMILES string of the molecule is C=C(C)[C@@H]1CC[C@]2(C(=O)NCCN(C)C)CC[C@]3(C)[C@H](CCC4C5(C)CC=C(c6ccc(C(=O)OC)s6)C(C)(C)C5CC[C@]43C)[C@@H]12. The van der Waals surface area contributed by atoms with Crippen molar-refractivity contribution in [2.24, 2.45) is 56.7 Å². The van der Waals surface area contributed by atoms with E-state index in [1.807, 2.05) is 6.07 Å². The van der Waals surface area contributed by atoms with Crippen LogP contribution in [0.1, 0.15) is 114 Å². The molecule has 0 radical (unpaired) electrons. The summed E-state index contributed by atoms with van der Waals surface area (Å²) in [5.41, 5.74) is 3.13. The van der Waals surface area contributed by atoms with E-state index in [-0.39, 0.29) is 33.0 Å². The summed E-state index contributed by atoms with van der Waals surface area (Å²) in [6, 6.07) is 4.07. The summed E-state index contributed by atoms with van der Waals surface area (Å²) < 4.78 is 5.03. The lowest BCUT2D eigenvalue weighted by Gasteiger charge is -2.72. The number of esters is 1. The van der Waals surface area contributed by atoms with Gasteiger partial charge in [-0.2, -0.15) is 0 Å². The fourth-order valence-corrected chi connectivity index (χ4v) is 14.0. The number of nitrogens with one attached hydrogen (secondary N) is 1. The molecule has 1 amide bonds. The van der Waals surface area contributed by atoms with Crippen molar-refractivity contribution < 1.29 is 14.3 Å². The van der Waals surface area contributed by atoms with Crippen LogP contribution in [-0.2, 0) is 9.53 Å². The maximum Gasteiger partial charge on any atom is 0.348 e. The highest BCUT2D eigenvalue weighted by Gasteiger charge is 2.71. The van der Waals surface area contributed by atoms with Gasteiger partial charge in [0, 0.05) is 18.0 Å². The van der Waals surface area contributed by atoms with Crippen LogP contribution in [-0.4, -0.2) is 51.1 Å². The van der Waals surface area contributed by atoms with Crippen LogP contribution in [0.3, 0.4) is 0 Å². The molecule has 1 heterocycles. The van der Waals surface area contributed by atoms with Gasteiger partial charge in [-0.25, -0.2) is 4.79 Å². The van der Waals surface area contributed by atoms with Crippen molar-refractivity contribution in [1.82, 2.24) is 10.2 Å². The van der Waals surface area contributed by atoms with Crippen LogP contribution < -0.4 is 5.32 Å². The Hall–Kier alpha value is -1.92. The highest BCUT2D eigenvalue weighted by atomic mass is 32.1. The molecule has 0 aliphatic heterocycles. The first kappa shape index (κ1) is 34.0. The van der Waals surface area contributed by atoms with Gasteiger partial charge in [0.2, 0.25) is 5.91 Å². The number of fused-ring (bicyclic) bond motifs is 7. The van der Waals surface area contributed by atoms with Crippen molar-refractivity contribution >= 4 is 28.8 Å². The van der Waals surface area contributed by atoms with E-state index in [1.165, 1.54) is 48.8 Å². The lowest BCUT2D eigenvalue weighted by atomic mass is 9.32. The largest absolute Gasteiger partial charge is 0.465 e. The molecule has 5 aliphatic rings. The molecule has 0 spiro atoms. The van der Waals surface area contributed by atoms with E-state index >= 15 is 0 Å². The molecule has 1 N–H and O–H groups in total. The number of thiophene rings is 1. The number of carbonyl (C=O) groups is 2. The Labute approximate surface area is 283 Å². The van der Waals surface area contributed by atoms with Crippen molar-refractivity contribution in [3.05, 3.63) is 40.1 Å². The van der Waals surface area contributed by atoms with E-state index in [2.05, 4.69) is 84.6 Å². The molecule has 5 aliphatic carbocycles. The normalized spacial score (nSPS) is 41.0. The smallest absolute Gasteiger partial charge is 0.348 e. The first-order valence-electron chi connectivity index (χ1n) is 18.0. The van der Waals surface area contributed by atoms with Crippen molar-refractivity contribution in [1.29, 1.82) is 0 Å². The molecule has 9 atom stereocenters. The number of ether oxygens (including phenoxy) is 1. The molecule has 6 heteroatoms. The summed E-state index contributed by atoms with van der Waals surface area (Å²) in [4.78, 5) is 30.6. The number of nitrogens with zero attached hydrogens (tertiary/aromatic N) is 1. The molecule has 0 aromatic carbocycles. The van der Waals surface area contributed by atoms with E-state index in [0.29, 0.717) is 40.4 Å². The van der Waals surface area contributed by atoms with Crippen molar-refractivity contribution in [2.75, 3.05) is 34.3 Å². The molecule has 46 heavy (non-hydrogen) atoms.